The van der Waals surface area contributed by atoms with E-state index in [1.165, 1.54) is 24.1 Å². The molecule has 1 aromatic carbocycles. The van der Waals surface area contributed by atoms with Crippen LogP contribution >= 0.6 is 0 Å². The second-order valence-corrected chi connectivity index (χ2v) is 12.5. The van der Waals surface area contributed by atoms with E-state index in [2.05, 4.69) is 31.3 Å². The Morgan fingerprint density at radius 2 is 2.03 bits per heavy atom. The van der Waals surface area contributed by atoms with Crippen LogP contribution in [0.1, 0.15) is 99.6 Å². The normalized spacial score (nSPS) is 22.3. The fourth-order valence-corrected chi connectivity index (χ4v) is 6.64. The third-order valence-corrected chi connectivity index (χ3v) is 9.03. The van der Waals surface area contributed by atoms with Gasteiger partial charge in [0.2, 0.25) is 0 Å². The van der Waals surface area contributed by atoms with Crippen molar-refractivity contribution in [2.75, 3.05) is 31.6 Å². The number of pyridine rings is 1. The molecule has 3 aliphatic rings. The summed E-state index contributed by atoms with van der Waals surface area (Å²) in [7, 11) is 0. The predicted octanol–water partition coefficient (Wildman–Crippen LogP) is 6.50. The molecule has 2 fully saturated rings. The number of carbonyl (C=O) groups is 1. The van der Waals surface area contributed by atoms with E-state index in [0.29, 0.717) is 30.7 Å². The van der Waals surface area contributed by atoms with Crippen molar-refractivity contribution in [2.45, 2.75) is 96.1 Å². The van der Waals surface area contributed by atoms with Crippen LogP contribution in [-0.2, 0) is 22.4 Å². The molecule has 2 aromatic rings. The first-order valence-electron chi connectivity index (χ1n) is 14.9. The zero-order valence-electron chi connectivity index (χ0n) is 23.6. The number of fused-ring (bicyclic) bond motifs is 1. The average molecular weight is 538 g/mol. The Hall–Kier alpha value is -2.51. The molecule has 1 saturated heterocycles. The molecule has 2 aliphatic heterocycles. The third-order valence-electron chi connectivity index (χ3n) is 9.03. The van der Waals surface area contributed by atoms with E-state index >= 15 is 0 Å². The van der Waals surface area contributed by atoms with E-state index in [0.717, 1.165) is 81.4 Å². The van der Waals surface area contributed by atoms with Crippen molar-refractivity contribution >= 4 is 11.8 Å². The topological polar surface area (TPSA) is 74.7 Å². The molecule has 6 nitrogen and oxygen atoms in total. The van der Waals surface area contributed by atoms with E-state index in [4.69, 9.17) is 9.72 Å². The van der Waals surface area contributed by atoms with Gasteiger partial charge in [-0.25, -0.2) is 9.37 Å². The van der Waals surface area contributed by atoms with Crippen LogP contribution in [0.25, 0.3) is 0 Å². The smallest absolute Gasteiger partial charge is 0.325 e. The van der Waals surface area contributed by atoms with Crippen molar-refractivity contribution in [3.8, 4) is 0 Å². The number of anilines is 1. The molecule has 7 heteroatoms. The number of rotatable bonds is 10. The number of hydrogen-bond donors (Lipinski definition) is 2. The monoisotopic (exact) mass is 537 g/mol. The second kappa shape index (κ2) is 12.3. The van der Waals surface area contributed by atoms with Gasteiger partial charge in [-0.05, 0) is 110 Å². The van der Waals surface area contributed by atoms with Crippen LogP contribution in [0, 0.1) is 11.2 Å². The summed E-state index contributed by atoms with van der Waals surface area (Å²) in [4.78, 5) is 19.3. The predicted molar refractivity (Wildman–Crippen MR) is 152 cm³/mol. The number of carboxylic acids is 1. The summed E-state index contributed by atoms with van der Waals surface area (Å²) in [5, 5.41) is 13.7. The van der Waals surface area contributed by atoms with Gasteiger partial charge < -0.3 is 15.2 Å². The maximum Gasteiger partial charge on any atom is 0.325 e. The fourth-order valence-electron chi connectivity index (χ4n) is 6.64. The first-order chi connectivity index (χ1) is 18.8. The maximum atomic E-state index is 14.4. The third kappa shape index (κ3) is 6.98. The zero-order chi connectivity index (χ0) is 27.4. The van der Waals surface area contributed by atoms with Gasteiger partial charge in [0.05, 0.1) is 6.10 Å². The summed E-state index contributed by atoms with van der Waals surface area (Å²) >= 11 is 0. The quantitative estimate of drug-likeness (QED) is 0.337. The van der Waals surface area contributed by atoms with Crippen molar-refractivity contribution in [1.82, 2.24) is 9.88 Å². The Morgan fingerprint density at radius 3 is 2.82 bits per heavy atom. The maximum absolute atomic E-state index is 14.4. The van der Waals surface area contributed by atoms with Crippen molar-refractivity contribution in [1.29, 1.82) is 0 Å². The summed E-state index contributed by atoms with van der Waals surface area (Å²) in [6.07, 6.45) is 10.2. The van der Waals surface area contributed by atoms with Crippen LogP contribution in [0.3, 0.4) is 0 Å². The summed E-state index contributed by atoms with van der Waals surface area (Å²) in [6.45, 7) is 7.44. The number of unbranched alkanes of at least 4 members (excludes halogenated alkanes) is 1. The molecule has 0 amide bonds. The summed E-state index contributed by atoms with van der Waals surface area (Å²) < 4.78 is 20.6. The molecule has 3 heterocycles. The summed E-state index contributed by atoms with van der Waals surface area (Å²) in [5.74, 6) is 0.0475. The number of carboxylic acid groups (broad SMARTS) is 1. The van der Waals surface area contributed by atoms with Gasteiger partial charge in [-0.3, -0.25) is 9.69 Å². The summed E-state index contributed by atoms with van der Waals surface area (Å²) in [5.41, 5.74) is 4.38. The number of aliphatic carboxylic acids is 1. The Balaban J connectivity index is 1.14. The van der Waals surface area contributed by atoms with Gasteiger partial charge in [0.15, 0.2) is 0 Å². The molecular weight excluding hydrogens is 493 g/mol. The lowest BCUT2D eigenvalue weighted by Crippen LogP contribution is -2.34. The minimum Gasteiger partial charge on any atom is -0.480 e. The molecule has 1 unspecified atom stereocenters. The number of halogens is 1. The summed E-state index contributed by atoms with van der Waals surface area (Å²) in [6, 6.07) is 8.29. The Morgan fingerprint density at radius 1 is 1.21 bits per heavy atom. The van der Waals surface area contributed by atoms with E-state index in [1.54, 1.807) is 0 Å². The molecule has 212 valence electrons. The molecular formula is C32H44FN3O3. The molecule has 1 aromatic heterocycles. The van der Waals surface area contributed by atoms with Gasteiger partial charge in [-0.15, -0.1) is 0 Å². The molecule has 0 spiro atoms. The minimum absolute atomic E-state index is 0.00501. The van der Waals surface area contributed by atoms with Gasteiger partial charge in [-0.2, -0.15) is 0 Å². The van der Waals surface area contributed by atoms with E-state index in [1.807, 2.05) is 11.0 Å². The van der Waals surface area contributed by atoms with Crippen LogP contribution in [0.4, 0.5) is 10.2 Å². The highest BCUT2D eigenvalue weighted by molar-refractivity contribution is 5.76. The number of aryl methyl sites for hydroxylation is 2. The molecule has 1 saturated carbocycles. The highest BCUT2D eigenvalue weighted by Crippen LogP contribution is 2.45. The van der Waals surface area contributed by atoms with Gasteiger partial charge in [0.1, 0.15) is 17.7 Å². The Labute approximate surface area is 232 Å². The number of aromatic nitrogens is 1. The molecule has 1 aliphatic carbocycles. The van der Waals surface area contributed by atoms with Crippen LogP contribution in [0.15, 0.2) is 30.3 Å². The molecule has 39 heavy (non-hydrogen) atoms. The van der Waals surface area contributed by atoms with Crippen molar-refractivity contribution in [2.24, 2.45) is 5.41 Å². The van der Waals surface area contributed by atoms with Crippen LogP contribution in [0.2, 0.25) is 0 Å². The number of nitrogens with zero attached hydrogens (tertiary/aromatic N) is 2. The number of likely N-dealkylation sites (tertiary alicyclic amines) is 1. The molecule has 0 radical (unpaired) electrons. The fraction of sp³-hybridized carbons (Fsp3) is 0.625. The SMILES string of the molecule is CC1(C)CCC(c2ccc(F)cc2C(C(=O)O)N2CC[C@@H](OCCCCc3ccc4c(n3)NCCC4)C2)CC1. The Kier molecular flexibility index (Phi) is 8.87. The first kappa shape index (κ1) is 28.0. The van der Waals surface area contributed by atoms with Gasteiger partial charge >= 0.3 is 5.97 Å². The number of ether oxygens (including phenoxy) is 1. The van der Waals surface area contributed by atoms with Crippen molar-refractivity contribution < 1.29 is 19.0 Å². The van der Waals surface area contributed by atoms with Crippen LogP contribution < -0.4 is 5.32 Å². The lowest BCUT2D eigenvalue weighted by atomic mass is 9.70. The van der Waals surface area contributed by atoms with Crippen molar-refractivity contribution in [3.63, 3.8) is 0 Å². The molecule has 2 N–H and O–H groups in total. The van der Waals surface area contributed by atoms with Gasteiger partial charge in [0, 0.05) is 31.9 Å². The van der Waals surface area contributed by atoms with E-state index in [-0.39, 0.29) is 17.8 Å². The number of nitrogens with one attached hydrogen (secondary N) is 1. The van der Waals surface area contributed by atoms with Gasteiger partial charge in [0.25, 0.3) is 0 Å². The minimum atomic E-state index is -0.911. The van der Waals surface area contributed by atoms with Gasteiger partial charge in [-0.1, -0.05) is 26.0 Å². The zero-order valence-corrected chi connectivity index (χ0v) is 23.6. The Bertz CT molecular complexity index is 1140. The van der Waals surface area contributed by atoms with Crippen LogP contribution in [-0.4, -0.2) is 53.3 Å². The van der Waals surface area contributed by atoms with E-state index in [9.17, 15) is 14.3 Å². The molecule has 2 atom stereocenters. The van der Waals surface area contributed by atoms with Crippen LogP contribution in [0.5, 0.6) is 0 Å². The standard InChI is InChI=1S/C32H44FN3O3/c1-32(2)15-12-22(13-16-32)27-11-9-24(33)20-28(27)29(31(37)38)36-18-14-26(21-36)39-19-4-3-7-25-10-8-23-6-5-17-34-30(23)35-25/h8-11,20,22,26,29H,3-7,12-19,21H2,1-2H3,(H,34,35)(H,37,38)/t26-,29?/m1/s1. The van der Waals surface area contributed by atoms with E-state index < -0.39 is 12.0 Å². The largest absolute Gasteiger partial charge is 0.480 e. The molecule has 5 rings (SSSR count). The average Bonchev–Trinajstić information content (AvgIpc) is 3.37. The molecule has 0 bridgehead atoms. The number of hydrogen-bond acceptors (Lipinski definition) is 5. The number of benzene rings is 1. The second-order valence-electron chi connectivity index (χ2n) is 12.5. The highest BCUT2D eigenvalue weighted by atomic mass is 19.1. The first-order valence-corrected chi connectivity index (χ1v) is 14.9. The van der Waals surface area contributed by atoms with Crippen molar-refractivity contribution in [3.05, 3.63) is 58.5 Å². The lowest BCUT2D eigenvalue weighted by molar-refractivity contribution is -0.143. The lowest BCUT2D eigenvalue weighted by Gasteiger charge is -2.36. The highest BCUT2D eigenvalue weighted by Gasteiger charge is 2.37.